The summed E-state index contributed by atoms with van der Waals surface area (Å²) in [6, 6.07) is 0. The predicted octanol–water partition coefficient (Wildman–Crippen LogP) is 3.74. The Kier molecular flexibility index (Phi) is 5.27. The zero-order valence-corrected chi connectivity index (χ0v) is 11.2. The lowest BCUT2D eigenvalue weighted by atomic mass is 10.1. The minimum absolute atomic E-state index is 0.0843. The van der Waals surface area contributed by atoms with Crippen LogP contribution in [-0.2, 0) is 10.1 Å². The maximum atomic E-state index is 12.9. The number of halogens is 4. The molecule has 0 fully saturated rings. The van der Waals surface area contributed by atoms with Crippen LogP contribution in [0.3, 0.4) is 0 Å². The molecule has 1 heterocycles. The lowest BCUT2D eigenvalue weighted by Gasteiger charge is -2.11. The topological polar surface area (TPSA) is 39.2 Å². The maximum Gasteiger partial charge on any atom is 0.357 e. The van der Waals surface area contributed by atoms with E-state index >= 15 is 0 Å². The molecule has 1 aromatic heterocycles. The Bertz CT molecular complexity index is 429. The summed E-state index contributed by atoms with van der Waals surface area (Å²) in [5, 5.41) is 0.122. The number of alkyl halides is 3. The molecular formula is C10H9BrClF2NO2. The Hall–Kier alpha value is -0.750. The van der Waals surface area contributed by atoms with Gasteiger partial charge in [0.2, 0.25) is 0 Å². The average molecular weight is 329 g/mol. The molecule has 0 spiro atoms. The van der Waals surface area contributed by atoms with Gasteiger partial charge in [-0.25, -0.2) is 18.6 Å². The first-order valence-electron chi connectivity index (χ1n) is 4.71. The monoisotopic (exact) mass is 327 g/mol. The lowest BCUT2D eigenvalue weighted by Crippen LogP contribution is -2.12. The standard InChI is InChI=1S/C10H9BrClF2NO2/c1-2-17-10(16)8-6(9(13)14)7(12)5(3-11)4-15-8/h4,9H,2-3H2,1H3. The van der Waals surface area contributed by atoms with Gasteiger partial charge in [0, 0.05) is 17.1 Å². The van der Waals surface area contributed by atoms with Gasteiger partial charge < -0.3 is 4.74 Å². The van der Waals surface area contributed by atoms with Crippen LogP contribution < -0.4 is 0 Å². The average Bonchev–Trinajstić information content (AvgIpc) is 2.28. The van der Waals surface area contributed by atoms with E-state index in [1.807, 2.05) is 0 Å². The number of hydrogen-bond donors (Lipinski definition) is 0. The Balaban J connectivity index is 3.31. The molecule has 94 valence electrons. The Labute approximate surface area is 110 Å². The molecule has 3 nitrogen and oxygen atoms in total. The van der Waals surface area contributed by atoms with Gasteiger partial charge in [0.25, 0.3) is 6.43 Å². The summed E-state index contributed by atoms with van der Waals surface area (Å²) in [6.07, 6.45) is -1.61. The van der Waals surface area contributed by atoms with Gasteiger partial charge in [-0.2, -0.15) is 0 Å². The largest absolute Gasteiger partial charge is 0.461 e. The van der Waals surface area contributed by atoms with Crippen LogP contribution >= 0.6 is 27.5 Å². The zero-order valence-electron chi connectivity index (χ0n) is 8.84. The molecule has 1 aromatic rings. The number of pyridine rings is 1. The zero-order chi connectivity index (χ0) is 13.0. The van der Waals surface area contributed by atoms with Crippen LogP contribution in [0.4, 0.5) is 8.78 Å². The number of nitrogens with zero attached hydrogens (tertiary/aromatic N) is 1. The summed E-state index contributed by atoms with van der Waals surface area (Å²) < 4.78 is 30.4. The molecule has 0 atom stereocenters. The van der Waals surface area contributed by atoms with Crippen molar-refractivity contribution in [3.8, 4) is 0 Å². The van der Waals surface area contributed by atoms with Crippen molar-refractivity contribution in [2.75, 3.05) is 6.61 Å². The summed E-state index contributed by atoms with van der Waals surface area (Å²) >= 11 is 8.89. The second-order valence-electron chi connectivity index (χ2n) is 3.01. The van der Waals surface area contributed by atoms with Gasteiger partial charge in [-0.05, 0) is 6.92 Å². The van der Waals surface area contributed by atoms with E-state index in [1.54, 1.807) is 6.92 Å². The van der Waals surface area contributed by atoms with Crippen molar-refractivity contribution in [1.82, 2.24) is 4.98 Å². The van der Waals surface area contributed by atoms with Gasteiger partial charge >= 0.3 is 5.97 Å². The molecule has 0 saturated carbocycles. The smallest absolute Gasteiger partial charge is 0.357 e. The van der Waals surface area contributed by atoms with Crippen LogP contribution in [-0.4, -0.2) is 17.6 Å². The van der Waals surface area contributed by atoms with Crippen molar-refractivity contribution in [3.05, 3.63) is 28.0 Å². The highest BCUT2D eigenvalue weighted by molar-refractivity contribution is 9.08. The Morgan fingerprint density at radius 1 is 1.65 bits per heavy atom. The van der Waals surface area contributed by atoms with Crippen molar-refractivity contribution in [2.45, 2.75) is 18.7 Å². The van der Waals surface area contributed by atoms with E-state index in [9.17, 15) is 13.6 Å². The Morgan fingerprint density at radius 3 is 2.76 bits per heavy atom. The highest BCUT2D eigenvalue weighted by Gasteiger charge is 2.25. The van der Waals surface area contributed by atoms with Crippen LogP contribution in [0, 0.1) is 0 Å². The van der Waals surface area contributed by atoms with E-state index in [2.05, 4.69) is 25.7 Å². The summed E-state index contributed by atoms with van der Waals surface area (Å²) in [5.41, 5.74) is -0.617. The van der Waals surface area contributed by atoms with E-state index in [-0.39, 0.29) is 17.0 Å². The SMILES string of the molecule is CCOC(=O)c1ncc(CBr)c(Cl)c1C(F)F. The number of ether oxygens (including phenoxy) is 1. The first-order valence-corrected chi connectivity index (χ1v) is 6.21. The first-order chi connectivity index (χ1) is 8.02. The van der Waals surface area contributed by atoms with E-state index in [0.29, 0.717) is 5.56 Å². The highest BCUT2D eigenvalue weighted by atomic mass is 79.9. The highest BCUT2D eigenvalue weighted by Crippen LogP contribution is 2.33. The van der Waals surface area contributed by atoms with E-state index < -0.39 is 23.7 Å². The molecule has 0 N–H and O–H groups in total. The Morgan fingerprint density at radius 2 is 2.29 bits per heavy atom. The lowest BCUT2D eigenvalue weighted by molar-refractivity contribution is 0.0507. The quantitative estimate of drug-likeness (QED) is 0.624. The van der Waals surface area contributed by atoms with Crippen molar-refractivity contribution in [2.24, 2.45) is 0 Å². The normalized spacial score (nSPS) is 10.7. The second kappa shape index (κ2) is 6.26. The second-order valence-corrected chi connectivity index (χ2v) is 3.95. The van der Waals surface area contributed by atoms with Crippen LogP contribution in [0.25, 0.3) is 0 Å². The fourth-order valence-corrected chi connectivity index (χ4v) is 2.07. The minimum Gasteiger partial charge on any atom is -0.461 e. The number of hydrogen-bond acceptors (Lipinski definition) is 3. The number of rotatable bonds is 4. The van der Waals surface area contributed by atoms with Gasteiger partial charge in [-0.3, -0.25) is 0 Å². The molecule has 0 radical (unpaired) electrons. The van der Waals surface area contributed by atoms with Crippen molar-refractivity contribution < 1.29 is 18.3 Å². The molecule has 0 aliphatic carbocycles. The summed E-state index contributed by atoms with van der Waals surface area (Å²) in [5.74, 6) is -0.897. The molecule has 0 amide bonds. The molecule has 0 unspecified atom stereocenters. The van der Waals surface area contributed by atoms with E-state index in [4.69, 9.17) is 11.6 Å². The van der Waals surface area contributed by atoms with E-state index in [1.165, 1.54) is 6.20 Å². The molecule has 0 saturated heterocycles. The van der Waals surface area contributed by atoms with Gasteiger partial charge in [0.15, 0.2) is 5.69 Å². The summed E-state index contributed by atoms with van der Waals surface area (Å²) in [6.45, 7) is 1.66. The van der Waals surface area contributed by atoms with Crippen LogP contribution in [0.2, 0.25) is 5.02 Å². The third-order valence-electron chi connectivity index (χ3n) is 1.95. The third kappa shape index (κ3) is 3.13. The number of carbonyl (C=O) groups is 1. The van der Waals surface area contributed by atoms with Gasteiger partial charge in [0.05, 0.1) is 17.2 Å². The van der Waals surface area contributed by atoms with Gasteiger partial charge in [-0.15, -0.1) is 0 Å². The van der Waals surface area contributed by atoms with Crippen molar-refractivity contribution in [1.29, 1.82) is 0 Å². The molecule has 0 aliphatic heterocycles. The molecule has 0 aliphatic rings. The molecule has 1 rings (SSSR count). The minimum atomic E-state index is -2.88. The maximum absolute atomic E-state index is 12.9. The fourth-order valence-electron chi connectivity index (χ4n) is 1.20. The first kappa shape index (κ1) is 14.3. The predicted molar refractivity (Wildman–Crippen MR) is 62.8 cm³/mol. The van der Waals surface area contributed by atoms with Crippen LogP contribution in [0.15, 0.2) is 6.20 Å². The molecule has 7 heteroatoms. The number of aromatic nitrogens is 1. The van der Waals surface area contributed by atoms with Crippen molar-refractivity contribution in [3.63, 3.8) is 0 Å². The number of carbonyl (C=O) groups excluding carboxylic acids is 1. The summed E-state index contributed by atoms with van der Waals surface area (Å²) in [4.78, 5) is 15.1. The third-order valence-corrected chi connectivity index (χ3v) is 3.00. The van der Waals surface area contributed by atoms with Crippen LogP contribution in [0.5, 0.6) is 0 Å². The van der Waals surface area contributed by atoms with Crippen LogP contribution in [0.1, 0.15) is 35.0 Å². The molecular weight excluding hydrogens is 319 g/mol. The summed E-state index contributed by atoms with van der Waals surface area (Å²) in [7, 11) is 0. The fraction of sp³-hybridized carbons (Fsp3) is 0.400. The molecule has 0 bridgehead atoms. The van der Waals surface area contributed by atoms with Gasteiger partial charge in [0.1, 0.15) is 0 Å². The number of esters is 1. The van der Waals surface area contributed by atoms with Crippen molar-refractivity contribution >= 4 is 33.5 Å². The van der Waals surface area contributed by atoms with Gasteiger partial charge in [-0.1, -0.05) is 27.5 Å². The molecule has 0 aromatic carbocycles. The van der Waals surface area contributed by atoms with E-state index in [0.717, 1.165) is 0 Å². The molecule has 17 heavy (non-hydrogen) atoms.